The highest BCUT2D eigenvalue weighted by atomic mass is 32.2. The number of benzene rings is 2. The van der Waals surface area contributed by atoms with Gasteiger partial charge < -0.3 is 4.57 Å². The predicted molar refractivity (Wildman–Crippen MR) is 105 cm³/mol. The number of sulfone groups is 1. The monoisotopic (exact) mass is 366 g/mol. The van der Waals surface area contributed by atoms with Gasteiger partial charge in [-0.2, -0.15) is 0 Å². The maximum atomic E-state index is 11.7. The Balaban J connectivity index is 1.64. The maximum Gasteiger partial charge on any atom is 0.150 e. The molecule has 1 fully saturated rings. The number of aromatic nitrogens is 2. The van der Waals surface area contributed by atoms with Crippen LogP contribution in [0.25, 0.3) is 22.5 Å². The van der Waals surface area contributed by atoms with Crippen LogP contribution in [0.2, 0.25) is 0 Å². The van der Waals surface area contributed by atoms with Gasteiger partial charge in [0.1, 0.15) is 5.82 Å². The van der Waals surface area contributed by atoms with E-state index in [4.69, 9.17) is 0 Å². The van der Waals surface area contributed by atoms with Crippen molar-refractivity contribution in [2.75, 3.05) is 11.5 Å². The zero-order chi connectivity index (χ0) is 18.1. The number of hydrogen-bond acceptors (Lipinski definition) is 3. The van der Waals surface area contributed by atoms with E-state index in [2.05, 4.69) is 58.9 Å². The summed E-state index contributed by atoms with van der Waals surface area (Å²) in [5, 5.41) is 0. The van der Waals surface area contributed by atoms with E-state index in [1.165, 1.54) is 16.7 Å². The smallest absolute Gasteiger partial charge is 0.150 e. The van der Waals surface area contributed by atoms with Crippen molar-refractivity contribution in [1.29, 1.82) is 0 Å². The fourth-order valence-electron chi connectivity index (χ4n) is 3.73. The maximum absolute atomic E-state index is 11.7. The third-order valence-corrected chi connectivity index (χ3v) is 6.91. The van der Waals surface area contributed by atoms with E-state index in [9.17, 15) is 8.42 Å². The topological polar surface area (TPSA) is 52.0 Å². The van der Waals surface area contributed by atoms with Crippen molar-refractivity contribution >= 4 is 9.84 Å². The number of aryl methyl sites for hydroxylation is 1. The Morgan fingerprint density at radius 3 is 2.69 bits per heavy atom. The lowest BCUT2D eigenvalue weighted by Crippen LogP contribution is -2.12. The number of rotatable bonds is 4. The second-order valence-electron chi connectivity index (χ2n) is 7.07. The third kappa shape index (κ3) is 3.44. The van der Waals surface area contributed by atoms with Gasteiger partial charge in [0.2, 0.25) is 0 Å². The van der Waals surface area contributed by atoms with Crippen molar-refractivity contribution in [3.8, 4) is 22.5 Å². The summed E-state index contributed by atoms with van der Waals surface area (Å²) >= 11 is 0. The van der Waals surface area contributed by atoms with E-state index < -0.39 is 9.84 Å². The van der Waals surface area contributed by atoms with Crippen LogP contribution in [0.4, 0.5) is 0 Å². The molecule has 5 heteroatoms. The highest BCUT2D eigenvalue weighted by Gasteiger charge is 2.28. The zero-order valence-corrected chi connectivity index (χ0v) is 15.6. The highest BCUT2D eigenvalue weighted by Crippen LogP contribution is 2.29. The first-order chi connectivity index (χ1) is 12.5. The average molecular weight is 366 g/mol. The highest BCUT2D eigenvalue weighted by molar-refractivity contribution is 7.91. The summed E-state index contributed by atoms with van der Waals surface area (Å²) in [4.78, 5) is 4.54. The van der Waals surface area contributed by atoms with Crippen molar-refractivity contribution < 1.29 is 8.42 Å². The number of hydrogen-bond donors (Lipinski definition) is 0. The van der Waals surface area contributed by atoms with E-state index in [0.29, 0.717) is 12.3 Å². The van der Waals surface area contributed by atoms with E-state index in [0.717, 1.165) is 17.8 Å². The molecule has 0 N–H and O–H groups in total. The molecule has 2 aromatic carbocycles. The quantitative estimate of drug-likeness (QED) is 0.702. The summed E-state index contributed by atoms with van der Waals surface area (Å²) in [5.41, 5.74) is 4.67. The molecule has 1 saturated heterocycles. The van der Waals surface area contributed by atoms with E-state index in [-0.39, 0.29) is 11.7 Å². The third-order valence-electron chi connectivity index (χ3n) is 5.07. The van der Waals surface area contributed by atoms with Gasteiger partial charge in [0.25, 0.3) is 0 Å². The summed E-state index contributed by atoms with van der Waals surface area (Å²) < 4.78 is 25.6. The van der Waals surface area contributed by atoms with Crippen LogP contribution >= 0.6 is 0 Å². The van der Waals surface area contributed by atoms with Crippen molar-refractivity contribution in [2.45, 2.75) is 19.9 Å². The average Bonchev–Trinajstić information content (AvgIpc) is 3.22. The molecule has 4 rings (SSSR count). The van der Waals surface area contributed by atoms with Crippen molar-refractivity contribution in [1.82, 2.24) is 9.55 Å². The Hall–Kier alpha value is -2.40. The van der Waals surface area contributed by atoms with Gasteiger partial charge in [-0.25, -0.2) is 13.4 Å². The second kappa shape index (κ2) is 6.72. The molecule has 4 nitrogen and oxygen atoms in total. The summed E-state index contributed by atoms with van der Waals surface area (Å²) in [6.45, 7) is 2.81. The summed E-state index contributed by atoms with van der Waals surface area (Å²) in [7, 11) is -2.86. The Morgan fingerprint density at radius 1 is 1.12 bits per heavy atom. The van der Waals surface area contributed by atoms with Gasteiger partial charge in [0.05, 0.1) is 11.5 Å². The molecule has 134 valence electrons. The molecule has 0 saturated carbocycles. The molecule has 1 atom stereocenters. The van der Waals surface area contributed by atoms with Crippen LogP contribution in [-0.2, 0) is 16.4 Å². The van der Waals surface area contributed by atoms with E-state index in [1.54, 1.807) is 6.20 Å². The Bertz CT molecular complexity index is 1040. The molecule has 0 amide bonds. The summed E-state index contributed by atoms with van der Waals surface area (Å²) in [5.74, 6) is 1.66. The largest absolute Gasteiger partial charge is 0.331 e. The van der Waals surface area contributed by atoms with Crippen LogP contribution in [0.3, 0.4) is 0 Å². The SMILES string of the molecule is Cc1ccccc1-c1cccc(-c2nccn2CC2CCS(=O)(=O)C2)c1. The second-order valence-corrected chi connectivity index (χ2v) is 9.30. The lowest BCUT2D eigenvalue weighted by molar-refractivity contribution is 0.493. The van der Waals surface area contributed by atoms with Gasteiger partial charge in [-0.3, -0.25) is 0 Å². The first kappa shape index (κ1) is 17.0. The minimum atomic E-state index is -2.86. The van der Waals surface area contributed by atoms with Crippen molar-refractivity contribution in [2.24, 2.45) is 5.92 Å². The Kier molecular flexibility index (Phi) is 4.41. The van der Waals surface area contributed by atoms with Gasteiger partial charge in [0.15, 0.2) is 9.84 Å². The van der Waals surface area contributed by atoms with Gasteiger partial charge in [-0.05, 0) is 42.0 Å². The lowest BCUT2D eigenvalue weighted by atomic mass is 9.99. The molecule has 1 aromatic heterocycles. The number of imidazole rings is 1. The normalized spacial score (nSPS) is 18.9. The van der Waals surface area contributed by atoms with Gasteiger partial charge in [0, 0.05) is 24.5 Å². The van der Waals surface area contributed by atoms with E-state index >= 15 is 0 Å². The summed E-state index contributed by atoms with van der Waals surface area (Å²) in [6, 6.07) is 16.7. The molecular weight excluding hydrogens is 344 g/mol. The van der Waals surface area contributed by atoms with Crippen molar-refractivity contribution in [3.63, 3.8) is 0 Å². The molecule has 1 aliphatic rings. The molecule has 1 unspecified atom stereocenters. The van der Waals surface area contributed by atoms with Crippen molar-refractivity contribution in [3.05, 3.63) is 66.5 Å². The standard InChI is InChI=1S/C21H22N2O2S/c1-16-5-2-3-8-20(16)18-6-4-7-19(13-18)21-22-10-11-23(21)14-17-9-12-26(24,25)15-17/h2-8,10-11,13,17H,9,12,14-15H2,1H3. The molecule has 0 spiro atoms. The first-order valence-electron chi connectivity index (χ1n) is 8.90. The zero-order valence-electron chi connectivity index (χ0n) is 14.8. The van der Waals surface area contributed by atoms with Gasteiger partial charge in [-0.1, -0.05) is 42.5 Å². The fourth-order valence-corrected chi connectivity index (χ4v) is 5.58. The molecule has 0 bridgehead atoms. The Morgan fingerprint density at radius 2 is 1.92 bits per heavy atom. The van der Waals surface area contributed by atoms with Gasteiger partial charge >= 0.3 is 0 Å². The Labute approximate surface area is 154 Å². The predicted octanol–water partition coefficient (Wildman–Crippen LogP) is 3.96. The molecule has 2 heterocycles. The van der Waals surface area contributed by atoms with Crippen LogP contribution in [0.5, 0.6) is 0 Å². The molecular formula is C21H22N2O2S. The molecule has 0 radical (unpaired) electrons. The lowest BCUT2D eigenvalue weighted by Gasteiger charge is -2.13. The summed E-state index contributed by atoms with van der Waals surface area (Å²) in [6.07, 6.45) is 4.48. The minimum absolute atomic E-state index is 0.174. The molecule has 26 heavy (non-hydrogen) atoms. The number of nitrogens with zero attached hydrogens (tertiary/aromatic N) is 2. The van der Waals surface area contributed by atoms with Crippen LogP contribution in [0.1, 0.15) is 12.0 Å². The molecule has 0 aliphatic carbocycles. The van der Waals surface area contributed by atoms with E-state index in [1.807, 2.05) is 12.3 Å². The minimum Gasteiger partial charge on any atom is -0.331 e. The first-order valence-corrected chi connectivity index (χ1v) is 10.7. The van der Waals surface area contributed by atoms with Gasteiger partial charge in [-0.15, -0.1) is 0 Å². The van der Waals surface area contributed by atoms with Crippen LogP contribution < -0.4 is 0 Å². The molecule has 3 aromatic rings. The fraction of sp³-hybridized carbons (Fsp3) is 0.286. The van der Waals surface area contributed by atoms with Crippen LogP contribution in [-0.4, -0.2) is 29.5 Å². The molecule has 1 aliphatic heterocycles. The van der Waals surface area contributed by atoms with Crippen LogP contribution in [0.15, 0.2) is 60.9 Å². The van der Waals surface area contributed by atoms with Crippen LogP contribution in [0, 0.1) is 12.8 Å².